The SMILES string of the molecule is O=C(O)N1CCC(C(=O)N2CCN(CC(O)(c3cn(Cc4ccccc4)c4cc([N+](=O)[O-])ccc34)C(F)(F)F)CC2)CC1. The normalized spacial score (nSPS) is 18.5. The Morgan fingerprint density at radius 1 is 0.953 bits per heavy atom. The molecule has 0 bridgehead atoms. The lowest BCUT2D eigenvalue weighted by atomic mass is 9.91. The predicted octanol–water partition coefficient (Wildman–Crippen LogP) is 3.88. The molecule has 3 heterocycles. The van der Waals surface area contributed by atoms with Crippen LogP contribution in [0.25, 0.3) is 10.9 Å². The summed E-state index contributed by atoms with van der Waals surface area (Å²) in [7, 11) is 0. The lowest BCUT2D eigenvalue weighted by Gasteiger charge is -2.41. The third-order valence-corrected chi connectivity index (χ3v) is 8.44. The zero-order chi connectivity index (χ0) is 30.9. The standard InChI is InChI=1S/C29H32F3N5O6/c30-29(31,32)28(41,19-33-12-14-34(15-13-33)26(38)21-8-10-35(11-9-21)27(39)40)24-18-36(17-20-4-2-1-3-5-20)25-16-22(37(42)43)6-7-23(24)25/h1-7,16,18,21,41H,8-15,17,19H2,(H,39,40). The number of nitro benzene ring substituents is 1. The fourth-order valence-electron chi connectivity index (χ4n) is 5.99. The zero-order valence-corrected chi connectivity index (χ0v) is 23.2. The average Bonchev–Trinajstić information content (AvgIpc) is 3.35. The van der Waals surface area contributed by atoms with E-state index in [9.17, 15) is 38.0 Å². The van der Waals surface area contributed by atoms with Crippen LogP contribution in [0, 0.1) is 16.0 Å². The largest absolute Gasteiger partial charge is 0.465 e. The van der Waals surface area contributed by atoms with E-state index in [0.29, 0.717) is 12.8 Å². The van der Waals surface area contributed by atoms with Gasteiger partial charge in [0.05, 0.1) is 10.4 Å². The van der Waals surface area contributed by atoms with Crippen molar-refractivity contribution in [3.8, 4) is 0 Å². The number of carbonyl (C=O) groups is 2. The highest BCUT2D eigenvalue weighted by atomic mass is 19.4. The summed E-state index contributed by atoms with van der Waals surface area (Å²) in [6.07, 6.45) is -4.10. The lowest BCUT2D eigenvalue weighted by Crippen LogP contribution is -2.57. The number of non-ortho nitro benzene ring substituents is 1. The lowest BCUT2D eigenvalue weighted by molar-refractivity contribution is -0.384. The number of nitro groups is 1. The number of likely N-dealkylation sites (tertiary alicyclic amines) is 1. The number of benzene rings is 2. The van der Waals surface area contributed by atoms with Crippen LogP contribution >= 0.6 is 0 Å². The van der Waals surface area contributed by atoms with Crippen LogP contribution in [0.2, 0.25) is 0 Å². The molecule has 2 N–H and O–H groups in total. The fraction of sp³-hybridized carbons (Fsp3) is 0.448. The van der Waals surface area contributed by atoms with E-state index in [-0.39, 0.29) is 74.2 Å². The number of rotatable bonds is 7. The molecule has 0 spiro atoms. The Kier molecular flexibility index (Phi) is 8.34. The first-order valence-corrected chi connectivity index (χ1v) is 14.0. The maximum absolute atomic E-state index is 14.7. The molecule has 2 aromatic carbocycles. The number of amides is 2. The molecule has 0 aliphatic carbocycles. The van der Waals surface area contributed by atoms with Crippen molar-refractivity contribution >= 4 is 28.6 Å². The van der Waals surface area contributed by atoms with Gasteiger partial charge in [0, 0.05) is 87.6 Å². The van der Waals surface area contributed by atoms with Crippen LogP contribution < -0.4 is 0 Å². The summed E-state index contributed by atoms with van der Waals surface area (Å²) in [6, 6.07) is 12.5. The number of hydrogen-bond donors (Lipinski definition) is 2. The van der Waals surface area contributed by atoms with Crippen LogP contribution in [-0.4, -0.2) is 98.4 Å². The van der Waals surface area contributed by atoms with Crippen molar-refractivity contribution in [3.05, 3.63) is 76.0 Å². The number of β-amino-alcohol motifs (C(OH)–C–C–N with tert-alkyl or cyclic N) is 1. The Balaban J connectivity index is 1.37. The molecule has 2 aliphatic rings. The van der Waals surface area contributed by atoms with E-state index in [1.165, 1.54) is 32.7 Å². The van der Waals surface area contributed by atoms with Gasteiger partial charge in [-0.2, -0.15) is 13.2 Å². The summed E-state index contributed by atoms with van der Waals surface area (Å²) in [5.74, 6) is -0.476. The van der Waals surface area contributed by atoms with Gasteiger partial charge >= 0.3 is 12.3 Å². The Morgan fingerprint density at radius 2 is 1.60 bits per heavy atom. The number of piperazine rings is 1. The smallest absolute Gasteiger partial charge is 0.422 e. The van der Waals surface area contributed by atoms with Crippen LogP contribution in [0.3, 0.4) is 0 Å². The highest BCUT2D eigenvalue weighted by Gasteiger charge is 2.57. The molecule has 11 nitrogen and oxygen atoms in total. The van der Waals surface area contributed by atoms with Crippen LogP contribution in [0.15, 0.2) is 54.7 Å². The number of nitrogens with zero attached hydrogens (tertiary/aromatic N) is 5. The van der Waals surface area contributed by atoms with Crippen molar-refractivity contribution in [2.45, 2.75) is 31.2 Å². The number of carboxylic acid groups (broad SMARTS) is 1. The molecule has 2 aliphatic heterocycles. The Labute approximate surface area is 244 Å². The second-order valence-corrected chi connectivity index (χ2v) is 11.1. The first kappa shape index (κ1) is 30.3. The van der Waals surface area contributed by atoms with Crippen LogP contribution in [0.5, 0.6) is 0 Å². The Bertz CT molecular complexity index is 1500. The zero-order valence-electron chi connectivity index (χ0n) is 23.2. The fourth-order valence-corrected chi connectivity index (χ4v) is 5.99. The molecule has 43 heavy (non-hydrogen) atoms. The minimum absolute atomic E-state index is 0.0582. The van der Waals surface area contributed by atoms with Gasteiger partial charge in [-0.1, -0.05) is 30.3 Å². The molecule has 1 atom stereocenters. The van der Waals surface area contributed by atoms with Gasteiger partial charge in [-0.3, -0.25) is 19.8 Å². The maximum atomic E-state index is 14.7. The number of piperidine rings is 1. The molecule has 230 valence electrons. The first-order valence-electron chi connectivity index (χ1n) is 14.0. The molecule has 0 radical (unpaired) electrons. The van der Waals surface area contributed by atoms with Gasteiger partial charge in [0.15, 0.2) is 0 Å². The minimum atomic E-state index is -5.08. The number of carbonyl (C=O) groups excluding carboxylic acids is 1. The summed E-state index contributed by atoms with van der Waals surface area (Å²) < 4.78 is 45.7. The topological polar surface area (TPSA) is 132 Å². The number of alkyl halides is 3. The van der Waals surface area contributed by atoms with E-state index in [1.807, 2.05) is 0 Å². The van der Waals surface area contributed by atoms with E-state index >= 15 is 0 Å². The molecule has 0 saturated carbocycles. The molecule has 14 heteroatoms. The molecule has 2 amide bonds. The van der Waals surface area contributed by atoms with Crippen molar-refractivity contribution in [1.29, 1.82) is 0 Å². The third kappa shape index (κ3) is 6.15. The van der Waals surface area contributed by atoms with Crippen molar-refractivity contribution in [3.63, 3.8) is 0 Å². The Morgan fingerprint density at radius 3 is 2.19 bits per heavy atom. The van der Waals surface area contributed by atoms with Crippen molar-refractivity contribution in [1.82, 2.24) is 19.3 Å². The van der Waals surface area contributed by atoms with E-state index in [0.717, 1.165) is 11.6 Å². The van der Waals surface area contributed by atoms with Gasteiger partial charge in [0.2, 0.25) is 11.5 Å². The van der Waals surface area contributed by atoms with Gasteiger partial charge in [-0.15, -0.1) is 0 Å². The van der Waals surface area contributed by atoms with Gasteiger partial charge in [0.1, 0.15) is 0 Å². The number of aliphatic hydroxyl groups is 1. The third-order valence-electron chi connectivity index (χ3n) is 8.44. The van der Waals surface area contributed by atoms with E-state index in [1.54, 1.807) is 35.2 Å². The highest BCUT2D eigenvalue weighted by molar-refractivity contribution is 5.87. The second kappa shape index (κ2) is 11.8. The average molecular weight is 604 g/mol. The second-order valence-electron chi connectivity index (χ2n) is 11.1. The van der Waals surface area contributed by atoms with Crippen LogP contribution in [-0.2, 0) is 16.9 Å². The summed E-state index contributed by atoms with van der Waals surface area (Å²) >= 11 is 0. The number of fused-ring (bicyclic) bond motifs is 1. The quantitative estimate of drug-likeness (QED) is 0.310. The molecule has 1 aromatic heterocycles. The molecule has 1 unspecified atom stereocenters. The summed E-state index contributed by atoms with van der Waals surface area (Å²) in [5.41, 5.74) is -3.01. The summed E-state index contributed by atoms with van der Waals surface area (Å²) in [5, 5.41) is 32.1. The maximum Gasteiger partial charge on any atom is 0.422 e. The van der Waals surface area contributed by atoms with Gasteiger partial charge < -0.3 is 24.6 Å². The Hall–Kier alpha value is -4.17. The molecular weight excluding hydrogens is 571 g/mol. The number of aromatic nitrogens is 1. The van der Waals surface area contributed by atoms with Gasteiger partial charge in [0.25, 0.3) is 5.69 Å². The van der Waals surface area contributed by atoms with Crippen LogP contribution in [0.1, 0.15) is 24.0 Å². The molecule has 5 rings (SSSR count). The first-order chi connectivity index (χ1) is 20.4. The van der Waals surface area contributed by atoms with Crippen molar-refractivity contribution < 1.29 is 37.9 Å². The van der Waals surface area contributed by atoms with Crippen molar-refractivity contribution in [2.75, 3.05) is 45.8 Å². The predicted molar refractivity (Wildman–Crippen MR) is 149 cm³/mol. The van der Waals surface area contributed by atoms with Gasteiger partial charge in [-0.05, 0) is 24.5 Å². The molecule has 2 saturated heterocycles. The monoisotopic (exact) mass is 603 g/mol. The van der Waals surface area contributed by atoms with Crippen molar-refractivity contribution in [2.24, 2.45) is 5.92 Å². The van der Waals surface area contributed by atoms with Crippen LogP contribution in [0.4, 0.5) is 23.7 Å². The van der Waals surface area contributed by atoms with E-state index in [4.69, 9.17) is 5.11 Å². The van der Waals surface area contributed by atoms with E-state index in [2.05, 4.69) is 0 Å². The van der Waals surface area contributed by atoms with Gasteiger partial charge in [-0.25, -0.2) is 4.79 Å². The summed E-state index contributed by atoms with van der Waals surface area (Å²) in [6.45, 7) is 0.423. The molecular formula is C29H32F3N5O6. The minimum Gasteiger partial charge on any atom is -0.465 e. The highest BCUT2D eigenvalue weighted by Crippen LogP contribution is 2.44. The molecule has 2 fully saturated rings. The number of hydrogen-bond acceptors (Lipinski definition) is 6. The molecule has 3 aromatic rings. The van der Waals surface area contributed by atoms with E-state index < -0.39 is 34.9 Å². The summed E-state index contributed by atoms with van der Waals surface area (Å²) in [4.78, 5) is 39.4. The number of halogens is 3.